The fraction of sp³-hybridized carbons (Fsp3) is 0.333. The van der Waals surface area contributed by atoms with Crippen LogP contribution >= 0.6 is 0 Å². The number of methoxy groups -OCH3 is 1. The van der Waals surface area contributed by atoms with E-state index in [9.17, 15) is 14.7 Å². The van der Waals surface area contributed by atoms with Gasteiger partial charge in [0.2, 0.25) is 0 Å². The molecule has 33 heavy (non-hydrogen) atoms. The molecular weight excluding hydrogens is 418 g/mol. The van der Waals surface area contributed by atoms with Gasteiger partial charge in [-0.15, -0.1) is 0 Å². The van der Waals surface area contributed by atoms with Crippen molar-refractivity contribution < 1.29 is 24.2 Å². The maximum absolute atomic E-state index is 13.1. The fourth-order valence-electron chi connectivity index (χ4n) is 4.61. The van der Waals surface area contributed by atoms with Crippen LogP contribution < -0.4 is 4.74 Å². The molecule has 1 saturated heterocycles. The van der Waals surface area contributed by atoms with Crippen LogP contribution in [0.4, 0.5) is 0 Å². The first-order chi connectivity index (χ1) is 16.0. The van der Waals surface area contributed by atoms with Crippen molar-refractivity contribution >= 4 is 17.4 Å². The molecule has 1 N–H and O–H groups in total. The van der Waals surface area contributed by atoms with Crippen LogP contribution in [0.25, 0.3) is 5.76 Å². The molecule has 2 aromatic rings. The molecule has 6 nitrogen and oxygen atoms in total. The zero-order chi connectivity index (χ0) is 23.4. The van der Waals surface area contributed by atoms with E-state index in [1.807, 2.05) is 30.3 Å². The first kappa shape index (κ1) is 22.8. The summed E-state index contributed by atoms with van der Waals surface area (Å²) in [5.74, 6) is -0.889. The van der Waals surface area contributed by atoms with Crippen molar-refractivity contribution in [2.24, 2.45) is 0 Å². The van der Waals surface area contributed by atoms with E-state index in [0.717, 1.165) is 25.7 Å². The van der Waals surface area contributed by atoms with Gasteiger partial charge < -0.3 is 19.5 Å². The summed E-state index contributed by atoms with van der Waals surface area (Å²) in [6.07, 6.45) is 5.89. The topological polar surface area (TPSA) is 76.1 Å². The van der Waals surface area contributed by atoms with E-state index >= 15 is 0 Å². The summed E-state index contributed by atoms with van der Waals surface area (Å²) in [5.41, 5.74) is 3.81. The van der Waals surface area contributed by atoms with Crippen LogP contribution in [0.2, 0.25) is 0 Å². The first-order valence-corrected chi connectivity index (χ1v) is 11.3. The van der Waals surface area contributed by atoms with Gasteiger partial charge in [-0.25, -0.2) is 0 Å². The summed E-state index contributed by atoms with van der Waals surface area (Å²) in [5, 5.41) is 11.3. The Kier molecular flexibility index (Phi) is 6.94. The number of Topliss-reactive ketones (excluding diaryl/α,β-unsaturated/α-hetero) is 1. The van der Waals surface area contributed by atoms with Gasteiger partial charge in [0.1, 0.15) is 18.1 Å². The van der Waals surface area contributed by atoms with E-state index in [-0.39, 0.29) is 24.5 Å². The molecule has 0 saturated carbocycles. The standard InChI is InChI=1S/C27H29NO5/c1-3-14-33-22-10-6-9-20(17-22)24-23(26(30)27(31)28(24)13-15-32-2)25(29)21-12-11-18-7-4-5-8-19(18)16-21/h3,6,9-12,16-17,24,29H,1,4-5,7-8,13-15H2,2H3/b25-23-. The molecule has 0 spiro atoms. The molecule has 0 radical (unpaired) electrons. The lowest BCUT2D eigenvalue weighted by Crippen LogP contribution is -2.32. The number of nitrogens with zero attached hydrogens (tertiary/aromatic N) is 1. The fourth-order valence-corrected chi connectivity index (χ4v) is 4.61. The van der Waals surface area contributed by atoms with Gasteiger partial charge in [0.15, 0.2) is 0 Å². The molecule has 4 rings (SSSR count). The third kappa shape index (κ3) is 4.57. The second-order valence-electron chi connectivity index (χ2n) is 8.35. The number of amides is 1. The summed E-state index contributed by atoms with van der Waals surface area (Å²) in [6.45, 7) is 4.50. The second-order valence-corrected chi connectivity index (χ2v) is 8.35. The van der Waals surface area contributed by atoms with Gasteiger partial charge in [0, 0.05) is 19.2 Å². The van der Waals surface area contributed by atoms with Crippen molar-refractivity contribution in [3.05, 3.63) is 82.9 Å². The van der Waals surface area contributed by atoms with Crippen molar-refractivity contribution in [3.63, 3.8) is 0 Å². The van der Waals surface area contributed by atoms with Crippen molar-refractivity contribution in [2.75, 3.05) is 26.9 Å². The molecule has 1 atom stereocenters. The highest BCUT2D eigenvalue weighted by Crippen LogP contribution is 2.40. The predicted octanol–water partition coefficient (Wildman–Crippen LogP) is 4.20. The number of carbonyl (C=O) groups excluding carboxylic acids is 2. The smallest absolute Gasteiger partial charge is 0.295 e. The number of ketones is 1. The van der Waals surface area contributed by atoms with Crippen LogP contribution in [0.5, 0.6) is 5.75 Å². The highest BCUT2D eigenvalue weighted by molar-refractivity contribution is 6.46. The first-order valence-electron chi connectivity index (χ1n) is 11.3. The Morgan fingerprint density at radius 1 is 1.15 bits per heavy atom. The van der Waals surface area contributed by atoms with E-state index in [2.05, 4.69) is 6.58 Å². The van der Waals surface area contributed by atoms with Gasteiger partial charge in [-0.3, -0.25) is 9.59 Å². The van der Waals surface area contributed by atoms with Crippen molar-refractivity contribution in [2.45, 2.75) is 31.7 Å². The lowest BCUT2D eigenvalue weighted by atomic mass is 9.88. The molecule has 0 aromatic heterocycles. The number of rotatable bonds is 8. The van der Waals surface area contributed by atoms with Gasteiger partial charge in [0.25, 0.3) is 11.7 Å². The molecule has 1 fully saturated rings. The molecule has 1 heterocycles. The van der Waals surface area contributed by atoms with Crippen LogP contribution in [-0.4, -0.2) is 48.6 Å². The number of hydrogen-bond acceptors (Lipinski definition) is 5. The molecule has 2 aliphatic rings. The SMILES string of the molecule is C=CCOc1cccc(C2/C(=C(/O)c3ccc4c(c3)CCCC4)C(=O)C(=O)N2CCOC)c1. The largest absolute Gasteiger partial charge is 0.507 e. The quantitative estimate of drug-likeness (QED) is 0.284. The molecule has 2 aromatic carbocycles. The molecule has 6 heteroatoms. The van der Waals surface area contributed by atoms with Crippen LogP contribution in [0.15, 0.2) is 60.7 Å². The highest BCUT2D eigenvalue weighted by Gasteiger charge is 2.46. The zero-order valence-corrected chi connectivity index (χ0v) is 18.9. The van der Waals surface area contributed by atoms with E-state index in [1.54, 1.807) is 25.3 Å². The Hall–Kier alpha value is -3.38. The highest BCUT2D eigenvalue weighted by atomic mass is 16.5. The Morgan fingerprint density at radius 2 is 1.94 bits per heavy atom. The number of aliphatic hydroxyl groups is 1. The summed E-state index contributed by atoms with van der Waals surface area (Å²) in [6, 6.07) is 12.3. The summed E-state index contributed by atoms with van der Waals surface area (Å²) < 4.78 is 10.8. The summed E-state index contributed by atoms with van der Waals surface area (Å²) in [4.78, 5) is 27.6. The van der Waals surface area contributed by atoms with Crippen LogP contribution in [0, 0.1) is 0 Å². The Labute approximate surface area is 194 Å². The van der Waals surface area contributed by atoms with Gasteiger partial charge in [0.05, 0.1) is 18.2 Å². The van der Waals surface area contributed by atoms with Gasteiger partial charge >= 0.3 is 0 Å². The minimum absolute atomic E-state index is 0.0905. The van der Waals surface area contributed by atoms with Crippen LogP contribution in [0.3, 0.4) is 0 Å². The van der Waals surface area contributed by atoms with Gasteiger partial charge in [-0.1, -0.05) is 36.9 Å². The molecule has 1 unspecified atom stereocenters. The monoisotopic (exact) mass is 447 g/mol. The third-order valence-electron chi connectivity index (χ3n) is 6.24. The summed E-state index contributed by atoms with van der Waals surface area (Å²) >= 11 is 0. The Balaban J connectivity index is 1.81. The van der Waals surface area contributed by atoms with Crippen LogP contribution in [0.1, 0.15) is 41.1 Å². The number of ether oxygens (including phenoxy) is 2. The predicted molar refractivity (Wildman–Crippen MR) is 126 cm³/mol. The van der Waals surface area contributed by atoms with E-state index < -0.39 is 17.7 Å². The minimum atomic E-state index is -0.733. The Bertz CT molecular complexity index is 1100. The molecular formula is C27H29NO5. The van der Waals surface area contributed by atoms with E-state index in [0.29, 0.717) is 23.5 Å². The zero-order valence-electron chi connectivity index (χ0n) is 18.9. The molecule has 0 bridgehead atoms. The van der Waals surface area contributed by atoms with Gasteiger partial charge in [-0.2, -0.15) is 0 Å². The molecule has 1 aliphatic heterocycles. The van der Waals surface area contributed by atoms with E-state index in [4.69, 9.17) is 9.47 Å². The molecule has 172 valence electrons. The minimum Gasteiger partial charge on any atom is -0.507 e. The maximum Gasteiger partial charge on any atom is 0.295 e. The van der Waals surface area contributed by atoms with Crippen molar-refractivity contribution in [1.82, 2.24) is 4.90 Å². The normalized spacial score (nSPS) is 19.4. The summed E-state index contributed by atoms with van der Waals surface area (Å²) in [7, 11) is 1.54. The van der Waals surface area contributed by atoms with E-state index in [1.165, 1.54) is 16.0 Å². The number of benzene rings is 2. The van der Waals surface area contributed by atoms with Crippen LogP contribution in [-0.2, 0) is 27.2 Å². The number of aryl methyl sites for hydroxylation is 2. The molecule has 1 aliphatic carbocycles. The second kappa shape index (κ2) is 10.0. The number of fused-ring (bicyclic) bond motifs is 1. The average molecular weight is 448 g/mol. The van der Waals surface area contributed by atoms with Crippen molar-refractivity contribution in [1.29, 1.82) is 0 Å². The lowest BCUT2D eigenvalue weighted by Gasteiger charge is -2.25. The Morgan fingerprint density at radius 3 is 2.70 bits per heavy atom. The number of likely N-dealkylation sites (tertiary alicyclic amines) is 1. The lowest BCUT2D eigenvalue weighted by molar-refractivity contribution is -0.140. The average Bonchev–Trinajstić information content (AvgIpc) is 3.10. The third-order valence-corrected chi connectivity index (χ3v) is 6.24. The number of carbonyl (C=O) groups is 2. The van der Waals surface area contributed by atoms with Gasteiger partial charge in [-0.05, 0) is 60.6 Å². The maximum atomic E-state index is 13.1. The number of aliphatic hydroxyl groups excluding tert-OH is 1. The molecule has 1 amide bonds. The number of hydrogen-bond donors (Lipinski definition) is 1. The van der Waals surface area contributed by atoms with Crippen molar-refractivity contribution in [3.8, 4) is 5.75 Å².